The lowest BCUT2D eigenvalue weighted by Gasteiger charge is -2.28. The standard InChI is InChI=1S/C36H25NSi/c1-27-22-23-32-33(31-20-12-13-21-34(31)36(37-2)35(32)26-27)24-25-38(28-14-6-3-7-15-28,29-16-8-4-9-17-29)30-18-10-5-11-19-30/h3-23,26H,1H3. The first-order valence-electron chi connectivity index (χ1n) is 12.7. The largest absolute Gasteiger partial charge is 0.237 e. The molecule has 0 saturated heterocycles. The Kier molecular flexibility index (Phi) is 6.10. The van der Waals surface area contributed by atoms with E-state index in [2.05, 4.69) is 138 Å². The predicted octanol–water partition coefficient (Wildman–Crippen LogP) is 6.91. The first kappa shape index (κ1) is 23.5. The highest BCUT2D eigenvalue weighted by Crippen LogP contribution is 2.38. The molecule has 0 aliphatic rings. The molecule has 0 spiro atoms. The molecule has 38 heavy (non-hydrogen) atoms. The van der Waals surface area contributed by atoms with Gasteiger partial charge in [-0.05, 0) is 44.0 Å². The van der Waals surface area contributed by atoms with E-state index in [4.69, 9.17) is 6.57 Å². The predicted molar refractivity (Wildman–Crippen MR) is 163 cm³/mol. The summed E-state index contributed by atoms with van der Waals surface area (Å²) in [6.45, 7) is 10.1. The molecule has 6 aromatic carbocycles. The molecule has 0 N–H and O–H groups in total. The van der Waals surface area contributed by atoms with Crippen LogP contribution in [0.5, 0.6) is 0 Å². The summed E-state index contributed by atoms with van der Waals surface area (Å²) < 4.78 is 0. The maximum absolute atomic E-state index is 7.98. The number of nitrogens with zero attached hydrogens (tertiary/aromatic N) is 1. The highest BCUT2D eigenvalue weighted by molar-refractivity contribution is 7.16. The summed E-state index contributed by atoms with van der Waals surface area (Å²) >= 11 is 0. The summed E-state index contributed by atoms with van der Waals surface area (Å²) in [6.07, 6.45) is 0. The van der Waals surface area contributed by atoms with Crippen molar-refractivity contribution in [1.29, 1.82) is 0 Å². The van der Waals surface area contributed by atoms with Crippen LogP contribution >= 0.6 is 0 Å². The quantitative estimate of drug-likeness (QED) is 0.0819. The Morgan fingerprint density at radius 3 is 1.55 bits per heavy atom. The summed E-state index contributed by atoms with van der Waals surface area (Å²) in [5, 5.41) is 7.75. The highest BCUT2D eigenvalue weighted by Gasteiger charge is 2.38. The van der Waals surface area contributed by atoms with Crippen molar-refractivity contribution in [2.75, 3.05) is 0 Å². The molecule has 1 nitrogen and oxygen atoms in total. The van der Waals surface area contributed by atoms with Gasteiger partial charge in [-0.1, -0.05) is 145 Å². The van der Waals surface area contributed by atoms with Gasteiger partial charge in [-0.25, -0.2) is 4.85 Å². The Labute approximate surface area is 224 Å². The number of rotatable bonds is 3. The number of hydrogen-bond donors (Lipinski definition) is 0. The SMILES string of the molecule is [C-]#[N+]c1c2ccccc2c(C#C[Si](c2ccccc2)(c2ccccc2)c2ccccc2)c2ccc(C)cc12. The molecule has 0 saturated carbocycles. The molecule has 0 heterocycles. The van der Waals surface area contributed by atoms with E-state index in [0.29, 0.717) is 5.69 Å². The second-order valence-corrected chi connectivity index (χ2v) is 13.0. The number of fused-ring (bicyclic) bond motifs is 2. The second kappa shape index (κ2) is 9.87. The Morgan fingerprint density at radius 1 is 0.553 bits per heavy atom. The number of benzene rings is 6. The molecule has 0 atom stereocenters. The van der Waals surface area contributed by atoms with E-state index in [9.17, 15) is 0 Å². The van der Waals surface area contributed by atoms with Crippen molar-refractivity contribution in [2.24, 2.45) is 0 Å². The Hall–Kier alpha value is -4.89. The molecule has 178 valence electrons. The van der Waals surface area contributed by atoms with Crippen LogP contribution in [-0.2, 0) is 0 Å². The fourth-order valence-electron chi connectivity index (χ4n) is 5.46. The molecule has 0 unspecified atom stereocenters. The summed E-state index contributed by atoms with van der Waals surface area (Å²) in [5.41, 5.74) is 6.77. The summed E-state index contributed by atoms with van der Waals surface area (Å²) in [7, 11) is -2.74. The fourth-order valence-corrected chi connectivity index (χ4v) is 9.28. The molecule has 0 aliphatic carbocycles. The average molecular weight is 500 g/mol. The lowest BCUT2D eigenvalue weighted by atomic mass is 9.94. The summed E-state index contributed by atoms with van der Waals surface area (Å²) in [4.78, 5) is 3.97. The minimum absolute atomic E-state index is 0.697. The van der Waals surface area contributed by atoms with Crippen LogP contribution in [0.3, 0.4) is 0 Å². The normalized spacial score (nSPS) is 11.1. The third kappa shape index (κ3) is 3.89. The van der Waals surface area contributed by atoms with E-state index in [1.807, 2.05) is 18.2 Å². The topological polar surface area (TPSA) is 4.36 Å². The molecular weight excluding hydrogens is 474 g/mol. The fraction of sp³-hybridized carbons (Fsp3) is 0.0278. The first-order valence-corrected chi connectivity index (χ1v) is 14.7. The molecular formula is C36H25NSi. The van der Waals surface area contributed by atoms with Crippen molar-refractivity contribution in [1.82, 2.24) is 0 Å². The van der Waals surface area contributed by atoms with Crippen LogP contribution < -0.4 is 15.6 Å². The Bertz CT molecular complexity index is 1780. The van der Waals surface area contributed by atoms with Gasteiger partial charge in [-0.3, -0.25) is 0 Å². The van der Waals surface area contributed by atoms with Crippen molar-refractivity contribution in [2.45, 2.75) is 6.92 Å². The molecule has 0 amide bonds. The smallest absolute Gasteiger partial charge is 0.230 e. The molecule has 6 aromatic rings. The van der Waals surface area contributed by atoms with Gasteiger partial charge in [-0.2, -0.15) is 0 Å². The van der Waals surface area contributed by atoms with Crippen LogP contribution in [0.25, 0.3) is 26.4 Å². The summed E-state index contributed by atoms with van der Waals surface area (Å²) in [5.74, 6) is 3.75. The van der Waals surface area contributed by atoms with Crippen molar-refractivity contribution < 1.29 is 0 Å². The van der Waals surface area contributed by atoms with Gasteiger partial charge in [-0.15, -0.1) is 5.54 Å². The van der Waals surface area contributed by atoms with Gasteiger partial charge in [0.25, 0.3) is 0 Å². The third-order valence-electron chi connectivity index (χ3n) is 7.26. The first-order chi connectivity index (χ1) is 18.7. The third-order valence-corrected chi connectivity index (χ3v) is 11.4. The van der Waals surface area contributed by atoms with Gasteiger partial charge < -0.3 is 0 Å². The lowest BCUT2D eigenvalue weighted by molar-refractivity contribution is 1.51. The molecule has 2 heteroatoms. The van der Waals surface area contributed by atoms with Crippen LogP contribution in [-0.4, -0.2) is 8.07 Å². The maximum Gasteiger partial charge on any atom is 0.230 e. The minimum atomic E-state index is -2.74. The molecule has 0 fully saturated rings. The summed E-state index contributed by atoms with van der Waals surface area (Å²) in [6, 6.07) is 46.8. The highest BCUT2D eigenvalue weighted by atomic mass is 28.3. The molecule has 6 rings (SSSR count). The van der Waals surface area contributed by atoms with E-state index >= 15 is 0 Å². The van der Waals surface area contributed by atoms with Crippen LogP contribution in [0.15, 0.2) is 133 Å². The van der Waals surface area contributed by atoms with Gasteiger partial charge in [0, 0.05) is 5.56 Å². The lowest BCUT2D eigenvalue weighted by Crippen LogP contribution is -2.66. The Morgan fingerprint density at radius 2 is 1.03 bits per heavy atom. The van der Waals surface area contributed by atoms with Crippen molar-refractivity contribution >= 4 is 50.9 Å². The molecule has 0 aromatic heterocycles. The zero-order chi connectivity index (χ0) is 26.0. The van der Waals surface area contributed by atoms with Crippen LogP contribution in [0, 0.1) is 25.0 Å². The number of aryl methyl sites for hydroxylation is 1. The van der Waals surface area contributed by atoms with E-state index in [-0.39, 0.29) is 0 Å². The van der Waals surface area contributed by atoms with Crippen molar-refractivity contribution in [3.8, 4) is 11.5 Å². The van der Waals surface area contributed by atoms with Gasteiger partial charge in [0.2, 0.25) is 13.8 Å². The zero-order valence-corrected chi connectivity index (χ0v) is 22.1. The van der Waals surface area contributed by atoms with Crippen molar-refractivity contribution in [3.63, 3.8) is 0 Å². The van der Waals surface area contributed by atoms with E-state index in [1.54, 1.807) is 0 Å². The minimum Gasteiger partial charge on any atom is -0.237 e. The van der Waals surface area contributed by atoms with E-state index < -0.39 is 8.07 Å². The van der Waals surface area contributed by atoms with Crippen molar-refractivity contribution in [3.05, 3.63) is 156 Å². The molecule has 0 bridgehead atoms. The van der Waals surface area contributed by atoms with Gasteiger partial charge in [0.05, 0.1) is 6.57 Å². The Balaban J connectivity index is 1.75. The average Bonchev–Trinajstić information content (AvgIpc) is 2.98. The van der Waals surface area contributed by atoms with Crippen LogP contribution in [0.2, 0.25) is 0 Å². The van der Waals surface area contributed by atoms with Crippen LogP contribution in [0.4, 0.5) is 5.69 Å². The maximum atomic E-state index is 7.98. The van der Waals surface area contributed by atoms with E-state index in [1.165, 1.54) is 15.6 Å². The molecule has 0 aliphatic heterocycles. The van der Waals surface area contributed by atoms with E-state index in [0.717, 1.165) is 32.7 Å². The van der Waals surface area contributed by atoms with Gasteiger partial charge >= 0.3 is 0 Å². The zero-order valence-electron chi connectivity index (χ0n) is 21.1. The van der Waals surface area contributed by atoms with Gasteiger partial charge in [0.1, 0.15) is 0 Å². The molecule has 0 radical (unpaired) electrons. The number of hydrogen-bond acceptors (Lipinski definition) is 0. The van der Waals surface area contributed by atoms with Gasteiger partial charge in [0.15, 0.2) is 0 Å². The monoisotopic (exact) mass is 499 g/mol. The second-order valence-electron chi connectivity index (χ2n) is 9.53. The van der Waals surface area contributed by atoms with Crippen LogP contribution in [0.1, 0.15) is 11.1 Å².